The van der Waals surface area contributed by atoms with Gasteiger partial charge in [-0.1, -0.05) is 23.5 Å². The van der Waals surface area contributed by atoms with Gasteiger partial charge in [0.25, 0.3) is 5.91 Å². The lowest BCUT2D eigenvalue weighted by Crippen LogP contribution is -2.13. The number of pyridine rings is 1. The van der Waals surface area contributed by atoms with E-state index < -0.39 is 0 Å². The van der Waals surface area contributed by atoms with Gasteiger partial charge in [-0.15, -0.1) is 10.2 Å². The maximum atomic E-state index is 12.8. The summed E-state index contributed by atoms with van der Waals surface area (Å²) < 4.78 is 5.24. The van der Waals surface area contributed by atoms with Crippen molar-refractivity contribution in [3.8, 4) is 5.75 Å². The van der Waals surface area contributed by atoms with Crippen molar-refractivity contribution in [2.24, 2.45) is 0 Å². The Balaban J connectivity index is 1.54. The van der Waals surface area contributed by atoms with Crippen LogP contribution in [-0.4, -0.2) is 38.4 Å². The zero-order chi connectivity index (χ0) is 19.7. The van der Waals surface area contributed by atoms with Crippen LogP contribution in [0.15, 0.2) is 30.3 Å². The molecule has 0 saturated carbocycles. The Morgan fingerprint density at radius 2 is 2.11 bits per heavy atom. The summed E-state index contributed by atoms with van der Waals surface area (Å²) in [5.74, 6) is 0.534. The van der Waals surface area contributed by atoms with Crippen LogP contribution < -0.4 is 10.1 Å². The Bertz CT molecular complexity index is 1170. The van der Waals surface area contributed by atoms with Gasteiger partial charge >= 0.3 is 0 Å². The number of anilines is 1. The summed E-state index contributed by atoms with van der Waals surface area (Å²) in [4.78, 5) is 17.2. The summed E-state index contributed by atoms with van der Waals surface area (Å²) in [5, 5.41) is 20.1. The Labute approximate surface area is 165 Å². The fraction of sp³-hybridized carbons (Fsp3) is 0.211. The van der Waals surface area contributed by atoms with Gasteiger partial charge in [-0.3, -0.25) is 15.2 Å². The van der Waals surface area contributed by atoms with Gasteiger partial charge in [0.05, 0.1) is 18.1 Å². The number of hydrogen-bond donors (Lipinski definition) is 2. The van der Waals surface area contributed by atoms with E-state index in [0.29, 0.717) is 28.1 Å². The van der Waals surface area contributed by atoms with Gasteiger partial charge in [0.15, 0.2) is 5.65 Å². The van der Waals surface area contributed by atoms with Crippen LogP contribution in [0.3, 0.4) is 0 Å². The summed E-state index contributed by atoms with van der Waals surface area (Å²) in [5.41, 5.74) is 3.62. The van der Waals surface area contributed by atoms with E-state index in [0.717, 1.165) is 27.7 Å². The third-order valence-corrected chi connectivity index (χ3v) is 5.09. The molecule has 2 N–H and O–H groups in total. The Hall–Kier alpha value is -3.33. The smallest absolute Gasteiger partial charge is 0.258 e. The minimum Gasteiger partial charge on any atom is -0.497 e. The largest absolute Gasteiger partial charge is 0.497 e. The van der Waals surface area contributed by atoms with Crippen molar-refractivity contribution in [2.45, 2.75) is 20.3 Å². The van der Waals surface area contributed by atoms with E-state index >= 15 is 0 Å². The molecule has 1 amide bonds. The average Bonchev–Trinajstić information content (AvgIpc) is 3.27. The van der Waals surface area contributed by atoms with Gasteiger partial charge < -0.3 is 4.74 Å². The molecule has 8 nitrogen and oxygen atoms in total. The number of fused-ring (bicyclic) bond motifs is 1. The van der Waals surface area contributed by atoms with E-state index in [9.17, 15) is 4.79 Å². The molecular formula is C19H18N6O2S. The maximum absolute atomic E-state index is 12.8. The number of nitrogens with zero attached hydrogens (tertiary/aromatic N) is 4. The number of carbonyl (C=O) groups excluding carboxylic acids is 1. The van der Waals surface area contributed by atoms with Gasteiger partial charge in [0, 0.05) is 17.8 Å². The summed E-state index contributed by atoms with van der Waals surface area (Å²) in [7, 11) is 1.64. The molecule has 0 radical (unpaired) electrons. The maximum Gasteiger partial charge on any atom is 0.258 e. The number of rotatable bonds is 5. The highest BCUT2D eigenvalue weighted by molar-refractivity contribution is 7.15. The van der Waals surface area contributed by atoms with Crippen LogP contribution in [0.1, 0.15) is 32.3 Å². The lowest BCUT2D eigenvalue weighted by molar-refractivity contribution is 0.102. The molecule has 28 heavy (non-hydrogen) atoms. The third kappa shape index (κ3) is 3.56. The Kier molecular flexibility index (Phi) is 4.74. The molecule has 0 aliphatic carbocycles. The number of carbonyl (C=O) groups is 1. The van der Waals surface area contributed by atoms with Gasteiger partial charge in [0.1, 0.15) is 10.8 Å². The van der Waals surface area contributed by atoms with Gasteiger partial charge in [-0.25, -0.2) is 4.98 Å². The average molecular weight is 394 g/mol. The number of H-pyrrole nitrogens is 1. The molecule has 3 aromatic heterocycles. The summed E-state index contributed by atoms with van der Waals surface area (Å²) >= 11 is 1.35. The normalized spacial score (nSPS) is 11.0. The highest BCUT2D eigenvalue weighted by Crippen LogP contribution is 2.24. The second kappa shape index (κ2) is 7.35. The molecule has 4 rings (SSSR count). The second-order valence-corrected chi connectivity index (χ2v) is 7.40. The molecule has 0 aliphatic rings. The van der Waals surface area contributed by atoms with Crippen LogP contribution in [0.25, 0.3) is 11.0 Å². The van der Waals surface area contributed by atoms with Crippen LogP contribution in [-0.2, 0) is 6.42 Å². The van der Waals surface area contributed by atoms with Crippen molar-refractivity contribution < 1.29 is 9.53 Å². The molecule has 9 heteroatoms. The Morgan fingerprint density at radius 3 is 2.93 bits per heavy atom. The molecule has 1 aromatic carbocycles. The van der Waals surface area contributed by atoms with E-state index in [2.05, 4.69) is 30.7 Å². The molecule has 4 aromatic rings. The molecule has 0 bridgehead atoms. The minimum absolute atomic E-state index is 0.260. The first-order chi connectivity index (χ1) is 13.5. The van der Waals surface area contributed by atoms with Gasteiger partial charge in [-0.2, -0.15) is 5.10 Å². The van der Waals surface area contributed by atoms with Crippen molar-refractivity contribution in [1.29, 1.82) is 0 Å². The number of benzene rings is 1. The molecule has 0 atom stereocenters. The molecule has 142 valence electrons. The molecular weight excluding hydrogens is 376 g/mol. The minimum atomic E-state index is -0.260. The highest BCUT2D eigenvalue weighted by Gasteiger charge is 2.18. The zero-order valence-electron chi connectivity index (χ0n) is 15.6. The van der Waals surface area contributed by atoms with Crippen molar-refractivity contribution in [2.75, 3.05) is 12.4 Å². The first kappa shape index (κ1) is 18.1. The fourth-order valence-electron chi connectivity index (χ4n) is 2.98. The number of ether oxygens (including phenoxy) is 1. The van der Waals surface area contributed by atoms with E-state index in [1.165, 1.54) is 11.3 Å². The number of aryl methyl sites for hydroxylation is 2. The number of hydrogen-bond acceptors (Lipinski definition) is 7. The zero-order valence-corrected chi connectivity index (χ0v) is 16.4. The van der Waals surface area contributed by atoms with Crippen LogP contribution in [0, 0.1) is 13.8 Å². The number of amides is 1. The summed E-state index contributed by atoms with van der Waals surface area (Å²) in [6.07, 6.45) is 0.615. The summed E-state index contributed by atoms with van der Waals surface area (Å²) in [6.45, 7) is 3.69. The van der Waals surface area contributed by atoms with E-state index in [1.807, 2.05) is 38.1 Å². The van der Waals surface area contributed by atoms with Gasteiger partial charge in [-0.05, 0) is 37.6 Å². The topological polar surface area (TPSA) is 106 Å². The first-order valence-corrected chi connectivity index (χ1v) is 9.44. The number of aromatic amines is 1. The van der Waals surface area contributed by atoms with E-state index in [1.54, 1.807) is 13.2 Å². The van der Waals surface area contributed by atoms with Crippen LogP contribution in [0.4, 0.5) is 5.13 Å². The number of nitrogens with one attached hydrogen (secondary N) is 2. The van der Waals surface area contributed by atoms with Crippen LogP contribution in [0.5, 0.6) is 5.75 Å². The molecule has 0 aliphatic heterocycles. The highest BCUT2D eigenvalue weighted by atomic mass is 32.1. The van der Waals surface area contributed by atoms with E-state index in [-0.39, 0.29) is 5.91 Å². The SMILES string of the molecule is COc1cccc(Cc2nnc(NC(=O)c3cc(C)nc4n[nH]c(C)c34)s2)c1. The number of aromatic nitrogens is 5. The van der Waals surface area contributed by atoms with Crippen molar-refractivity contribution in [1.82, 2.24) is 25.4 Å². The number of methoxy groups -OCH3 is 1. The second-order valence-electron chi connectivity index (χ2n) is 6.34. The van der Waals surface area contributed by atoms with Gasteiger partial charge in [0.2, 0.25) is 5.13 Å². The Morgan fingerprint density at radius 1 is 1.25 bits per heavy atom. The molecule has 0 spiro atoms. The van der Waals surface area contributed by atoms with Crippen molar-refractivity contribution in [3.63, 3.8) is 0 Å². The monoisotopic (exact) mass is 394 g/mol. The lowest BCUT2D eigenvalue weighted by atomic mass is 10.1. The molecule has 3 heterocycles. The predicted octanol–water partition coefficient (Wildman–Crippen LogP) is 3.28. The van der Waals surface area contributed by atoms with Crippen molar-refractivity contribution in [3.05, 3.63) is 57.9 Å². The standard InChI is InChI=1S/C19H18N6O2S/c1-10-7-14(16-11(2)22-24-17(16)20-10)18(26)21-19-25-23-15(28-19)9-12-5-4-6-13(8-12)27-3/h4-8H,9H2,1-3H3,(H,20,22,24)(H,21,25,26). The van der Waals surface area contributed by atoms with E-state index in [4.69, 9.17) is 4.74 Å². The molecule has 0 saturated heterocycles. The summed E-state index contributed by atoms with van der Waals surface area (Å²) in [6, 6.07) is 9.53. The van der Waals surface area contributed by atoms with Crippen LogP contribution in [0.2, 0.25) is 0 Å². The third-order valence-electron chi connectivity index (χ3n) is 4.25. The lowest BCUT2D eigenvalue weighted by Gasteiger charge is -2.04. The first-order valence-electron chi connectivity index (χ1n) is 8.62. The predicted molar refractivity (Wildman–Crippen MR) is 107 cm³/mol. The molecule has 0 fully saturated rings. The quantitative estimate of drug-likeness (QED) is 0.538. The fourth-order valence-corrected chi connectivity index (χ4v) is 3.75. The molecule has 0 unspecified atom stereocenters. The van der Waals surface area contributed by atoms with Crippen LogP contribution >= 0.6 is 11.3 Å². The van der Waals surface area contributed by atoms with Crippen molar-refractivity contribution >= 4 is 33.4 Å².